The van der Waals surface area contributed by atoms with E-state index in [0.717, 1.165) is 109 Å². The van der Waals surface area contributed by atoms with E-state index < -0.39 is 97.5 Å². The molecule has 0 aromatic rings. The second-order valence-corrected chi connectivity index (χ2v) is 27.6. The molecule has 0 aliphatic heterocycles. The molecule has 0 radical (unpaired) electrons. The summed E-state index contributed by atoms with van der Waals surface area (Å²) in [7, 11) is -9.88. The summed E-state index contributed by atoms with van der Waals surface area (Å²) in [5.41, 5.74) is 0. The normalized spacial score (nSPS) is 14.2. The fourth-order valence-corrected chi connectivity index (χ4v) is 11.7. The SMILES string of the molecule is CCCCCCCCCCCCCCC(=O)OC[C@H](COP(=O)(O)OC[C@@H](O)COP(=O)(O)OC[C@@H](COC(=O)CCCCCCC)OC(=O)CCCCCCCCCC)OC(=O)CCCCCCCCCCCCCCCCCCCCC(C)C. The Morgan fingerprint density at radius 2 is 0.535 bits per heavy atom. The molecule has 0 saturated carbocycles. The Labute approximate surface area is 524 Å². The number of esters is 4. The molecule has 0 saturated heterocycles. The van der Waals surface area contributed by atoms with Gasteiger partial charge in [0.1, 0.15) is 19.3 Å². The number of phosphoric acid groups is 2. The van der Waals surface area contributed by atoms with Crippen LogP contribution in [0.1, 0.15) is 343 Å². The third-order valence-corrected chi connectivity index (χ3v) is 17.4. The van der Waals surface area contributed by atoms with Gasteiger partial charge in [-0.15, -0.1) is 0 Å². The topological polar surface area (TPSA) is 237 Å². The Morgan fingerprint density at radius 1 is 0.314 bits per heavy atom. The van der Waals surface area contributed by atoms with Gasteiger partial charge < -0.3 is 33.8 Å². The van der Waals surface area contributed by atoms with Crippen LogP contribution >= 0.6 is 15.6 Å². The Hall–Kier alpha value is -1.94. The maximum Gasteiger partial charge on any atom is 0.472 e. The highest BCUT2D eigenvalue weighted by molar-refractivity contribution is 7.47. The van der Waals surface area contributed by atoms with E-state index in [1.807, 2.05) is 0 Å². The van der Waals surface area contributed by atoms with E-state index in [4.69, 9.17) is 37.0 Å². The van der Waals surface area contributed by atoms with Crippen molar-refractivity contribution in [3.63, 3.8) is 0 Å². The highest BCUT2D eigenvalue weighted by Crippen LogP contribution is 2.45. The van der Waals surface area contributed by atoms with E-state index in [9.17, 15) is 43.2 Å². The molecule has 3 N–H and O–H groups in total. The lowest BCUT2D eigenvalue weighted by molar-refractivity contribution is -0.161. The predicted octanol–water partition coefficient (Wildman–Crippen LogP) is 19.0. The van der Waals surface area contributed by atoms with Crippen LogP contribution in [0.4, 0.5) is 0 Å². The highest BCUT2D eigenvalue weighted by atomic mass is 31.2. The van der Waals surface area contributed by atoms with Crippen LogP contribution in [0, 0.1) is 5.92 Å². The third-order valence-electron chi connectivity index (χ3n) is 15.5. The van der Waals surface area contributed by atoms with Gasteiger partial charge in [-0.25, -0.2) is 9.13 Å². The molecule has 0 fully saturated rings. The van der Waals surface area contributed by atoms with Crippen LogP contribution < -0.4 is 0 Å². The number of carbonyl (C=O) groups is 4. The van der Waals surface area contributed by atoms with Crippen LogP contribution in [-0.4, -0.2) is 96.7 Å². The van der Waals surface area contributed by atoms with Gasteiger partial charge in [0.05, 0.1) is 26.4 Å². The molecule has 0 aliphatic carbocycles. The van der Waals surface area contributed by atoms with Gasteiger partial charge in [0.2, 0.25) is 0 Å². The number of aliphatic hydroxyl groups is 1. The number of hydrogen-bond acceptors (Lipinski definition) is 15. The fraction of sp³-hybridized carbons (Fsp3) is 0.940. The van der Waals surface area contributed by atoms with E-state index in [2.05, 4.69) is 34.6 Å². The first-order valence-corrected chi connectivity index (χ1v) is 38.1. The molecular weight excluding hydrogens is 1140 g/mol. The van der Waals surface area contributed by atoms with Crippen molar-refractivity contribution in [2.45, 2.75) is 361 Å². The molecule has 0 bridgehead atoms. The first-order valence-electron chi connectivity index (χ1n) is 35.1. The van der Waals surface area contributed by atoms with Gasteiger partial charge in [-0.3, -0.25) is 37.3 Å². The first-order chi connectivity index (χ1) is 41.5. The Balaban J connectivity index is 5.08. The molecule has 19 heteroatoms. The summed E-state index contributed by atoms with van der Waals surface area (Å²) in [6.45, 7) is 7.14. The van der Waals surface area contributed by atoms with Crippen LogP contribution in [0.25, 0.3) is 0 Å². The first kappa shape index (κ1) is 84.1. The number of ether oxygens (including phenoxy) is 4. The summed E-state index contributed by atoms with van der Waals surface area (Å²) in [6.07, 6.45) is 46.4. The summed E-state index contributed by atoms with van der Waals surface area (Å²) in [6, 6.07) is 0. The molecule has 17 nitrogen and oxygen atoms in total. The summed E-state index contributed by atoms with van der Waals surface area (Å²) >= 11 is 0. The summed E-state index contributed by atoms with van der Waals surface area (Å²) in [5.74, 6) is -1.32. The lowest BCUT2D eigenvalue weighted by Gasteiger charge is -2.21. The Bertz CT molecular complexity index is 1670. The molecular formula is C67H130O17P2. The van der Waals surface area contributed by atoms with E-state index in [1.165, 1.54) is 154 Å². The van der Waals surface area contributed by atoms with Crippen molar-refractivity contribution < 1.29 is 80.2 Å². The van der Waals surface area contributed by atoms with Gasteiger partial charge in [0, 0.05) is 25.7 Å². The zero-order chi connectivity index (χ0) is 63.5. The van der Waals surface area contributed by atoms with Gasteiger partial charge in [0.15, 0.2) is 12.2 Å². The Kier molecular flexibility index (Phi) is 59.2. The highest BCUT2D eigenvalue weighted by Gasteiger charge is 2.30. The summed E-state index contributed by atoms with van der Waals surface area (Å²) in [4.78, 5) is 72.0. The van der Waals surface area contributed by atoms with Crippen LogP contribution in [-0.2, 0) is 65.4 Å². The van der Waals surface area contributed by atoms with Crippen molar-refractivity contribution in [2.24, 2.45) is 5.92 Å². The quantitative estimate of drug-likeness (QED) is 0.0222. The van der Waals surface area contributed by atoms with Gasteiger partial charge in [-0.2, -0.15) is 0 Å². The molecule has 5 atom stereocenters. The summed E-state index contributed by atoms with van der Waals surface area (Å²) in [5, 5.41) is 10.5. The van der Waals surface area contributed by atoms with E-state index in [1.54, 1.807) is 0 Å². The molecule has 0 rings (SSSR count). The maximum atomic E-state index is 13.0. The molecule has 86 heavy (non-hydrogen) atoms. The van der Waals surface area contributed by atoms with Crippen molar-refractivity contribution in [2.75, 3.05) is 39.6 Å². The van der Waals surface area contributed by atoms with E-state index in [-0.39, 0.29) is 25.7 Å². The number of carbonyl (C=O) groups excluding carboxylic acids is 4. The predicted molar refractivity (Wildman–Crippen MR) is 345 cm³/mol. The average Bonchev–Trinajstić information content (AvgIpc) is 3.61. The zero-order valence-corrected chi connectivity index (χ0v) is 57.2. The number of unbranched alkanes of at least 4 members (excludes halogenated alkanes) is 39. The van der Waals surface area contributed by atoms with Gasteiger partial charge in [-0.05, 0) is 31.6 Å². The minimum absolute atomic E-state index is 0.104. The number of aliphatic hydroxyl groups excluding tert-OH is 1. The second kappa shape index (κ2) is 60.6. The monoisotopic (exact) mass is 1270 g/mol. The fourth-order valence-electron chi connectivity index (χ4n) is 10.1. The van der Waals surface area contributed by atoms with Gasteiger partial charge in [-0.1, -0.05) is 291 Å². The van der Waals surface area contributed by atoms with Crippen LogP contribution in [0.2, 0.25) is 0 Å². The van der Waals surface area contributed by atoms with Crippen molar-refractivity contribution in [3.8, 4) is 0 Å². The molecule has 510 valence electrons. The molecule has 0 aromatic heterocycles. The van der Waals surface area contributed by atoms with E-state index in [0.29, 0.717) is 25.7 Å². The van der Waals surface area contributed by atoms with Crippen LogP contribution in [0.5, 0.6) is 0 Å². The van der Waals surface area contributed by atoms with Crippen molar-refractivity contribution in [1.82, 2.24) is 0 Å². The molecule has 0 aliphatic rings. The molecule has 2 unspecified atom stereocenters. The lowest BCUT2D eigenvalue weighted by Crippen LogP contribution is -2.30. The number of hydrogen-bond donors (Lipinski definition) is 3. The van der Waals surface area contributed by atoms with Gasteiger partial charge >= 0.3 is 39.5 Å². The van der Waals surface area contributed by atoms with Crippen molar-refractivity contribution >= 4 is 39.5 Å². The standard InChI is InChI=1S/C67H130O17P2/c1-6-9-12-15-17-19-20-30-33-37-41-46-51-65(70)78-57-63(84-67(72)53-48-43-38-34-31-28-26-24-22-21-23-25-27-29-32-35-40-44-49-60(4)5)59-82-86(75,76)80-55-61(68)54-79-85(73,74)81-58-62(56-77-64(69)50-45-39-14-11-8-3)83-66(71)52-47-42-36-18-16-13-10-7-2/h60-63,68H,6-59H2,1-5H3,(H,73,74)(H,75,76)/t61-,62+,63+/m0/s1. The van der Waals surface area contributed by atoms with Crippen LogP contribution in [0.3, 0.4) is 0 Å². The zero-order valence-electron chi connectivity index (χ0n) is 55.4. The smallest absolute Gasteiger partial charge is 0.462 e. The average molecular weight is 1270 g/mol. The van der Waals surface area contributed by atoms with Gasteiger partial charge in [0.25, 0.3) is 0 Å². The maximum absolute atomic E-state index is 13.0. The van der Waals surface area contributed by atoms with Crippen molar-refractivity contribution in [3.05, 3.63) is 0 Å². The minimum Gasteiger partial charge on any atom is -0.462 e. The van der Waals surface area contributed by atoms with Crippen molar-refractivity contribution in [1.29, 1.82) is 0 Å². The van der Waals surface area contributed by atoms with E-state index >= 15 is 0 Å². The second-order valence-electron chi connectivity index (χ2n) is 24.7. The van der Waals surface area contributed by atoms with Crippen LogP contribution in [0.15, 0.2) is 0 Å². The molecule has 0 aromatic carbocycles. The third kappa shape index (κ3) is 60.9. The molecule has 0 amide bonds. The summed E-state index contributed by atoms with van der Waals surface area (Å²) < 4.78 is 67.8. The molecule has 0 heterocycles. The number of rotatable bonds is 67. The number of phosphoric ester groups is 2. The lowest BCUT2D eigenvalue weighted by atomic mass is 10.0. The largest absolute Gasteiger partial charge is 0.472 e. The molecule has 0 spiro atoms. The minimum atomic E-state index is -4.94. The Morgan fingerprint density at radius 3 is 0.791 bits per heavy atom.